The van der Waals surface area contributed by atoms with E-state index in [0.717, 1.165) is 19.1 Å². The summed E-state index contributed by atoms with van der Waals surface area (Å²) in [6.45, 7) is 5.77. The number of aromatic nitrogens is 3. The third kappa shape index (κ3) is 4.52. The molecule has 150 valence electrons. The topological polar surface area (TPSA) is 80.0 Å². The number of rotatable bonds is 4. The van der Waals surface area contributed by atoms with Crippen LogP contribution in [0, 0.1) is 0 Å². The van der Waals surface area contributed by atoms with Gasteiger partial charge in [0.2, 0.25) is 11.9 Å². The Hall–Kier alpha value is -2.30. The first kappa shape index (κ1) is 21.0. The van der Waals surface area contributed by atoms with E-state index in [4.69, 9.17) is 0 Å². The smallest absolute Gasteiger partial charge is 0.384 e. The molecule has 0 radical (unpaired) electrons. The molecule has 27 heavy (non-hydrogen) atoms. The molecule has 0 bridgehead atoms. The molecule has 2 aromatic rings. The van der Waals surface area contributed by atoms with Gasteiger partial charge in [0.15, 0.2) is 5.65 Å². The number of aliphatic hydroxyl groups is 1. The molecule has 0 saturated heterocycles. The first-order valence-electron chi connectivity index (χ1n) is 7.90. The summed E-state index contributed by atoms with van der Waals surface area (Å²) in [5.41, 5.74) is -4.54. The molecule has 1 unspecified atom stereocenters. The lowest BCUT2D eigenvalue weighted by atomic mass is 10.0. The van der Waals surface area contributed by atoms with Crippen molar-refractivity contribution >= 4 is 23.0 Å². The summed E-state index contributed by atoms with van der Waals surface area (Å²) >= 11 is 0. The van der Waals surface area contributed by atoms with Crippen molar-refractivity contribution < 1.29 is 31.9 Å². The molecule has 2 rings (SSSR count). The van der Waals surface area contributed by atoms with Crippen LogP contribution in [0.15, 0.2) is 12.1 Å². The van der Waals surface area contributed by atoms with Gasteiger partial charge in [-0.2, -0.15) is 13.2 Å². The maximum atomic E-state index is 13.0. The minimum absolute atomic E-state index is 0.0915. The van der Waals surface area contributed by atoms with Crippen molar-refractivity contribution in [3.05, 3.63) is 17.8 Å². The highest BCUT2D eigenvalue weighted by molar-refractivity contribution is 5.91. The van der Waals surface area contributed by atoms with E-state index in [2.05, 4.69) is 15.3 Å². The first-order chi connectivity index (χ1) is 12.1. The second kappa shape index (κ2) is 6.70. The predicted molar refractivity (Wildman–Crippen MR) is 87.4 cm³/mol. The molecule has 0 saturated carbocycles. The number of carbonyl (C=O) groups is 1. The molecule has 0 fully saturated rings. The number of halogens is 5. The van der Waals surface area contributed by atoms with Gasteiger partial charge in [0.05, 0.1) is 6.42 Å². The van der Waals surface area contributed by atoms with Crippen molar-refractivity contribution in [2.75, 3.05) is 5.32 Å². The first-order valence-corrected chi connectivity index (χ1v) is 7.90. The second-order valence-electron chi connectivity index (χ2n) is 7.36. The Balaban J connectivity index is 2.49. The number of nitrogens with zero attached hydrogens (tertiary/aromatic N) is 3. The SMILES string of the molecule is CC(O)(CC(=O)Nc1nc2ccc(C(F)(F)F)nc2n1C(C)(C)C)C(F)F. The van der Waals surface area contributed by atoms with Gasteiger partial charge in [-0.3, -0.25) is 14.7 Å². The zero-order valence-electron chi connectivity index (χ0n) is 15.0. The molecule has 0 aliphatic heterocycles. The zero-order chi connectivity index (χ0) is 20.8. The van der Waals surface area contributed by atoms with Crippen molar-refractivity contribution in [3.63, 3.8) is 0 Å². The van der Waals surface area contributed by atoms with Crippen LogP contribution < -0.4 is 5.32 Å². The van der Waals surface area contributed by atoms with Crippen molar-refractivity contribution in [2.24, 2.45) is 0 Å². The normalized spacial score (nSPS) is 15.2. The van der Waals surface area contributed by atoms with Crippen LogP contribution in [-0.2, 0) is 16.5 Å². The average molecular weight is 394 g/mol. The Morgan fingerprint density at radius 3 is 2.26 bits per heavy atom. The van der Waals surface area contributed by atoms with Gasteiger partial charge in [0.25, 0.3) is 6.43 Å². The summed E-state index contributed by atoms with van der Waals surface area (Å²) in [4.78, 5) is 19.7. The zero-order valence-corrected chi connectivity index (χ0v) is 15.0. The molecular weight excluding hydrogens is 375 g/mol. The largest absolute Gasteiger partial charge is 0.433 e. The maximum Gasteiger partial charge on any atom is 0.433 e. The van der Waals surface area contributed by atoms with E-state index < -0.39 is 41.8 Å². The van der Waals surface area contributed by atoms with E-state index in [1.807, 2.05) is 0 Å². The number of pyridine rings is 1. The van der Waals surface area contributed by atoms with Crippen LogP contribution in [0.2, 0.25) is 0 Å². The number of imidazole rings is 1. The molecular formula is C16H19F5N4O2. The molecule has 2 heterocycles. The van der Waals surface area contributed by atoms with Gasteiger partial charge in [-0.1, -0.05) is 0 Å². The summed E-state index contributed by atoms with van der Waals surface area (Å²) in [6, 6.07) is 1.87. The van der Waals surface area contributed by atoms with Crippen molar-refractivity contribution in [2.45, 2.75) is 57.9 Å². The molecule has 6 nitrogen and oxygen atoms in total. The summed E-state index contributed by atoms with van der Waals surface area (Å²) < 4.78 is 65.6. The highest BCUT2D eigenvalue weighted by Gasteiger charge is 2.36. The lowest BCUT2D eigenvalue weighted by Crippen LogP contribution is -2.38. The van der Waals surface area contributed by atoms with Crippen LogP contribution in [0.3, 0.4) is 0 Å². The third-order valence-electron chi connectivity index (χ3n) is 3.71. The molecule has 0 spiro atoms. The van der Waals surface area contributed by atoms with Gasteiger partial charge < -0.3 is 5.11 Å². The summed E-state index contributed by atoms with van der Waals surface area (Å²) in [7, 11) is 0. The lowest BCUT2D eigenvalue weighted by Gasteiger charge is -2.25. The Labute approximate surface area is 151 Å². The fraction of sp³-hybridized carbons (Fsp3) is 0.562. The van der Waals surface area contributed by atoms with Crippen LogP contribution in [-0.4, -0.2) is 37.6 Å². The van der Waals surface area contributed by atoms with Gasteiger partial charge >= 0.3 is 6.18 Å². The van der Waals surface area contributed by atoms with E-state index in [9.17, 15) is 31.9 Å². The van der Waals surface area contributed by atoms with Crippen LogP contribution >= 0.6 is 0 Å². The number of nitrogens with one attached hydrogen (secondary N) is 1. The molecule has 1 amide bonds. The lowest BCUT2D eigenvalue weighted by molar-refractivity contribution is -0.141. The van der Waals surface area contributed by atoms with Gasteiger partial charge in [0, 0.05) is 5.54 Å². The van der Waals surface area contributed by atoms with Gasteiger partial charge in [-0.25, -0.2) is 18.7 Å². The van der Waals surface area contributed by atoms with Crippen LogP contribution in [0.5, 0.6) is 0 Å². The van der Waals surface area contributed by atoms with Gasteiger partial charge in [0.1, 0.15) is 16.8 Å². The Bertz CT molecular complexity index is 853. The van der Waals surface area contributed by atoms with E-state index in [1.54, 1.807) is 20.8 Å². The molecule has 0 aliphatic carbocycles. The number of carbonyl (C=O) groups excluding carboxylic acids is 1. The second-order valence-corrected chi connectivity index (χ2v) is 7.36. The molecule has 11 heteroatoms. The number of hydrogen-bond donors (Lipinski definition) is 2. The fourth-order valence-electron chi connectivity index (χ4n) is 2.41. The predicted octanol–water partition coefficient (Wildman–Crippen LogP) is 3.55. The van der Waals surface area contributed by atoms with Crippen molar-refractivity contribution in [1.29, 1.82) is 0 Å². The third-order valence-corrected chi connectivity index (χ3v) is 3.71. The van der Waals surface area contributed by atoms with Crippen LogP contribution in [0.1, 0.15) is 39.8 Å². The number of anilines is 1. The fourth-order valence-corrected chi connectivity index (χ4v) is 2.41. The average Bonchev–Trinajstić information content (AvgIpc) is 2.81. The van der Waals surface area contributed by atoms with Crippen LogP contribution in [0.25, 0.3) is 11.2 Å². The Morgan fingerprint density at radius 1 is 1.19 bits per heavy atom. The van der Waals surface area contributed by atoms with Crippen LogP contribution in [0.4, 0.5) is 27.9 Å². The standard InChI is InChI=1S/C16H19F5N4O2/c1-14(2,3)25-11-8(5-6-9(23-11)16(19,20)21)22-13(25)24-10(26)7-15(4,27)12(17)18/h5-6,12,27H,7H2,1-4H3,(H,22,24,26). The molecule has 0 aromatic carbocycles. The van der Waals surface area contributed by atoms with E-state index in [1.165, 1.54) is 4.57 Å². The number of amides is 1. The van der Waals surface area contributed by atoms with Gasteiger partial charge in [-0.05, 0) is 39.8 Å². The maximum absolute atomic E-state index is 13.0. The Morgan fingerprint density at radius 2 is 1.78 bits per heavy atom. The van der Waals surface area contributed by atoms with Crippen molar-refractivity contribution in [1.82, 2.24) is 14.5 Å². The summed E-state index contributed by atoms with van der Waals surface area (Å²) in [5.74, 6) is -1.11. The van der Waals surface area contributed by atoms with E-state index in [0.29, 0.717) is 0 Å². The highest BCUT2D eigenvalue weighted by atomic mass is 19.4. The number of fused-ring (bicyclic) bond motifs is 1. The minimum atomic E-state index is -4.67. The molecule has 2 N–H and O–H groups in total. The van der Waals surface area contributed by atoms with Crippen molar-refractivity contribution in [3.8, 4) is 0 Å². The summed E-state index contributed by atoms with van der Waals surface area (Å²) in [6.07, 6.45) is -8.74. The summed E-state index contributed by atoms with van der Waals surface area (Å²) in [5, 5.41) is 11.8. The Kier molecular flexibility index (Phi) is 5.21. The number of hydrogen-bond acceptors (Lipinski definition) is 4. The monoisotopic (exact) mass is 394 g/mol. The molecule has 0 aliphatic rings. The molecule has 1 atom stereocenters. The quantitative estimate of drug-likeness (QED) is 0.778. The minimum Gasteiger partial charge on any atom is -0.384 e. The van der Waals surface area contributed by atoms with E-state index >= 15 is 0 Å². The van der Waals surface area contributed by atoms with Gasteiger partial charge in [-0.15, -0.1) is 0 Å². The molecule has 2 aromatic heterocycles. The highest BCUT2D eigenvalue weighted by Crippen LogP contribution is 2.32. The van der Waals surface area contributed by atoms with E-state index in [-0.39, 0.29) is 17.1 Å². The number of alkyl halides is 5.